The predicted octanol–water partition coefficient (Wildman–Crippen LogP) is 3.30. The molecule has 0 unspecified atom stereocenters. The zero-order chi connectivity index (χ0) is 15.5. The molecule has 1 aromatic rings. The van der Waals surface area contributed by atoms with Gasteiger partial charge in [-0.3, -0.25) is 10.1 Å². The summed E-state index contributed by atoms with van der Waals surface area (Å²) in [6.07, 6.45) is 5.26. The van der Waals surface area contributed by atoms with E-state index in [1.54, 1.807) is 19.2 Å². The quantitative estimate of drug-likeness (QED) is 0.667. The van der Waals surface area contributed by atoms with E-state index in [9.17, 15) is 10.1 Å². The molecule has 1 saturated carbocycles. The van der Waals surface area contributed by atoms with Crippen molar-refractivity contribution < 1.29 is 9.66 Å². The minimum atomic E-state index is -0.360. The summed E-state index contributed by atoms with van der Waals surface area (Å²) in [4.78, 5) is 10.6. The Labute approximate surface area is 125 Å². The number of rotatable bonds is 5. The lowest BCUT2D eigenvalue weighted by atomic mass is 9.68. The lowest BCUT2D eigenvalue weighted by Gasteiger charge is -2.39. The Balaban J connectivity index is 2.27. The van der Waals surface area contributed by atoms with E-state index >= 15 is 0 Å². The molecule has 0 bridgehead atoms. The van der Waals surface area contributed by atoms with Gasteiger partial charge in [-0.05, 0) is 43.2 Å². The van der Waals surface area contributed by atoms with Crippen molar-refractivity contribution >= 4 is 5.69 Å². The maximum Gasteiger partial charge on any atom is 0.269 e. The first kappa shape index (κ1) is 15.8. The first-order chi connectivity index (χ1) is 9.99. The van der Waals surface area contributed by atoms with Crippen LogP contribution in [0.4, 0.5) is 5.69 Å². The summed E-state index contributed by atoms with van der Waals surface area (Å²) in [6.45, 7) is 2.89. The van der Waals surface area contributed by atoms with Gasteiger partial charge in [0.15, 0.2) is 0 Å². The Bertz CT molecular complexity index is 508. The van der Waals surface area contributed by atoms with Crippen LogP contribution in [0.15, 0.2) is 18.2 Å². The second kappa shape index (κ2) is 6.43. The van der Waals surface area contributed by atoms with Gasteiger partial charge in [-0.1, -0.05) is 19.8 Å². The molecule has 2 rings (SSSR count). The SMILES string of the molecule is COc1ccc([N+](=O)[O-])cc1CC1(CN)CCC(C)CC1. The number of hydrogen-bond acceptors (Lipinski definition) is 4. The van der Waals surface area contributed by atoms with Gasteiger partial charge in [-0.15, -0.1) is 0 Å². The first-order valence-electron chi connectivity index (χ1n) is 7.51. The monoisotopic (exact) mass is 292 g/mol. The third-order valence-electron chi connectivity index (χ3n) is 4.81. The van der Waals surface area contributed by atoms with E-state index in [1.807, 2.05) is 0 Å². The number of methoxy groups -OCH3 is 1. The van der Waals surface area contributed by atoms with Gasteiger partial charge in [0.2, 0.25) is 0 Å². The maximum atomic E-state index is 11.0. The van der Waals surface area contributed by atoms with E-state index in [2.05, 4.69) is 6.92 Å². The molecule has 1 aliphatic carbocycles. The summed E-state index contributed by atoms with van der Waals surface area (Å²) in [6, 6.07) is 4.80. The molecule has 1 aromatic carbocycles. The first-order valence-corrected chi connectivity index (χ1v) is 7.51. The van der Waals surface area contributed by atoms with Crippen molar-refractivity contribution in [1.82, 2.24) is 0 Å². The Morgan fingerprint density at radius 2 is 2.10 bits per heavy atom. The van der Waals surface area contributed by atoms with Gasteiger partial charge in [-0.25, -0.2) is 0 Å². The summed E-state index contributed by atoms with van der Waals surface area (Å²) < 4.78 is 5.37. The van der Waals surface area contributed by atoms with Crippen LogP contribution >= 0.6 is 0 Å². The van der Waals surface area contributed by atoms with Crippen molar-refractivity contribution in [1.29, 1.82) is 0 Å². The molecule has 2 N–H and O–H groups in total. The molecule has 116 valence electrons. The summed E-state index contributed by atoms with van der Waals surface area (Å²) in [5.41, 5.74) is 7.11. The molecular formula is C16H24N2O3. The molecular weight excluding hydrogens is 268 g/mol. The molecule has 0 heterocycles. The highest BCUT2D eigenvalue weighted by molar-refractivity contribution is 5.44. The molecule has 21 heavy (non-hydrogen) atoms. The average Bonchev–Trinajstić information content (AvgIpc) is 2.49. The maximum absolute atomic E-state index is 11.0. The number of nitro benzene ring substituents is 1. The Kier molecular flexibility index (Phi) is 4.83. The summed E-state index contributed by atoms with van der Waals surface area (Å²) in [7, 11) is 1.60. The van der Waals surface area contributed by atoms with Gasteiger partial charge in [-0.2, -0.15) is 0 Å². The Morgan fingerprint density at radius 1 is 1.43 bits per heavy atom. The van der Waals surface area contributed by atoms with Crippen LogP contribution in [0, 0.1) is 21.4 Å². The molecule has 0 amide bonds. The molecule has 0 aliphatic heterocycles. The molecule has 5 nitrogen and oxygen atoms in total. The lowest BCUT2D eigenvalue weighted by Crippen LogP contribution is -2.36. The van der Waals surface area contributed by atoms with Crippen molar-refractivity contribution in [3.63, 3.8) is 0 Å². The fourth-order valence-electron chi connectivity index (χ4n) is 3.25. The van der Waals surface area contributed by atoms with Crippen LogP contribution in [0.2, 0.25) is 0 Å². The van der Waals surface area contributed by atoms with E-state index in [1.165, 1.54) is 18.9 Å². The third-order valence-corrected chi connectivity index (χ3v) is 4.81. The van der Waals surface area contributed by atoms with Crippen LogP contribution < -0.4 is 10.5 Å². The fraction of sp³-hybridized carbons (Fsp3) is 0.625. The minimum absolute atomic E-state index is 0.0506. The summed E-state index contributed by atoms with van der Waals surface area (Å²) in [5.74, 6) is 1.46. The topological polar surface area (TPSA) is 78.4 Å². The van der Waals surface area contributed by atoms with E-state index in [0.717, 1.165) is 30.7 Å². The number of nitrogens with two attached hydrogens (primary N) is 1. The average molecular weight is 292 g/mol. The van der Waals surface area contributed by atoms with Crippen molar-refractivity contribution in [2.24, 2.45) is 17.1 Å². The number of benzene rings is 1. The second-order valence-corrected chi connectivity index (χ2v) is 6.32. The van der Waals surface area contributed by atoms with Crippen LogP contribution in [0.5, 0.6) is 5.75 Å². The van der Waals surface area contributed by atoms with Crippen molar-refractivity contribution in [3.05, 3.63) is 33.9 Å². The van der Waals surface area contributed by atoms with Gasteiger partial charge in [0.05, 0.1) is 12.0 Å². The zero-order valence-corrected chi connectivity index (χ0v) is 12.8. The normalized spacial score (nSPS) is 25.6. The predicted molar refractivity (Wildman–Crippen MR) is 82.5 cm³/mol. The van der Waals surface area contributed by atoms with Crippen LogP contribution in [0.25, 0.3) is 0 Å². The van der Waals surface area contributed by atoms with Crippen LogP contribution in [0.1, 0.15) is 38.2 Å². The van der Waals surface area contributed by atoms with Gasteiger partial charge in [0.1, 0.15) is 5.75 Å². The Morgan fingerprint density at radius 3 is 2.62 bits per heavy atom. The van der Waals surface area contributed by atoms with Gasteiger partial charge >= 0.3 is 0 Å². The standard InChI is InChI=1S/C16H24N2O3/c1-12-5-7-16(11-17,8-6-12)10-13-9-14(18(19)20)3-4-15(13)21-2/h3-4,9,12H,5-8,10-11,17H2,1-2H3. The number of ether oxygens (including phenoxy) is 1. The number of hydrogen-bond donors (Lipinski definition) is 1. The minimum Gasteiger partial charge on any atom is -0.496 e. The van der Waals surface area contributed by atoms with Crippen molar-refractivity contribution in [2.75, 3.05) is 13.7 Å². The number of nitrogens with zero attached hydrogens (tertiary/aromatic N) is 1. The van der Waals surface area contributed by atoms with E-state index < -0.39 is 0 Å². The van der Waals surface area contributed by atoms with Gasteiger partial charge < -0.3 is 10.5 Å². The Hall–Kier alpha value is -1.62. The van der Waals surface area contributed by atoms with E-state index in [4.69, 9.17) is 10.5 Å². The smallest absolute Gasteiger partial charge is 0.269 e. The molecule has 0 aromatic heterocycles. The zero-order valence-electron chi connectivity index (χ0n) is 12.8. The van der Waals surface area contributed by atoms with E-state index in [-0.39, 0.29) is 16.0 Å². The van der Waals surface area contributed by atoms with Gasteiger partial charge in [0.25, 0.3) is 5.69 Å². The largest absolute Gasteiger partial charge is 0.496 e. The summed E-state index contributed by atoms with van der Waals surface area (Å²) >= 11 is 0. The molecule has 1 fully saturated rings. The van der Waals surface area contributed by atoms with E-state index in [0.29, 0.717) is 12.3 Å². The lowest BCUT2D eigenvalue weighted by molar-refractivity contribution is -0.384. The van der Waals surface area contributed by atoms with Crippen molar-refractivity contribution in [3.8, 4) is 5.75 Å². The highest BCUT2D eigenvalue weighted by Gasteiger charge is 2.34. The van der Waals surface area contributed by atoms with Crippen LogP contribution in [0.3, 0.4) is 0 Å². The molecule has 0 radical (unpaired) electrons. The fourth-order valence-corrected chi connectivity index (χ4v) is 3.25. The highest BCUT2D eigenvalue weighted by atomic mass is 16.6. The molecule has 5 heteroatoms. The highest BCUT2D eigenvalue weighted by Crippen LogP contribution is 2.42. The summed E-state index contributed by atoms with van der Waals surface area (Å²) in [5, 5.41) is 11.0. The molecule has 1 aliphatic rings. The number of non-ortho nitro benzene ring substituents is 1. The molecule has 0 atom stereocenters. The van der Waals surface area contributed by atoms with Crippen LogP contribution in [-0.2, 0) is 6.42 Å². The second-order valence-electron chi connectivity index (χ2n) is 6.32. The van der Waals surface area contributed by atoms with Crippen LogP contribution in [-0.4, -0.2) is 18.6 Å². The third kappa shape index (κ3) is 3.53. The van der Waals surface area contributed by atoms with Gasteiger partial charge in [0, 0.05) is 17.7 Å². The molecule has 0 spiro atoms. The van der Waals surface area contributed by atoms with Crippen molar-refractivity contribution in [2.45, 2.75) is 39.0 Å². The molecule has 0 saturated heterocycles. The number of nitro groups is 1.